The predicted molar refractivity (Wildman–Crippen MR) is 104 cm³/mol. The highest BCUT2D eigenvalue weighted by molar-refractivity contribution is 7.89. The molecule has 28 heavy (non-hydrogen) atoms. The van der Waals surface area contributed by atoms with Crippen molar-refractivity contribution in [2.45, 2.75) is 18.4 Å². The summed E-state index contributed by atoms with van der Waals surface area (Å²) < 4.78 is 31.7. The zero-order chi connectivity index (χ0) is 20.3. The van der Waals surface area contributed by atoms with E-state index >= 15 is 0 Å². The molecule has 0 aliphatic heterocycles. The fraction of sp³-hybridized carbons (Fsp3) is 0.167. The van der Waals surface area contributed by atoms with E-state index in [1.54, 1.807) is 24.3 Å². The number of aromatic nitrogens is 2. The summed E-state index contributed by atoms with van der Waals surface area (Å²) in [6.45, 7) is 1.28. The Balaban J connectivity index is 1.75. The summed E-state index contributed by atoms with van der Waals surface area (Å²) in [5, 5.41) is 6.99. The van der Waals surface area contributed by atoms with Crippen LogP contribution in [0, 0.1) is 0 Å². The minimum absolute atomic E-state index is 0.0821. The molecule has 0 saturated carbocycles. The highest BCUT2D eigenvalue weighted by Gasteiger charge is 2.23. The zero-order valence-corrected chi connectivity index (χ0v) is 16.7. The third kappa shape index (κ3) is 4.56. The van der Waals surface area contributed by atoms with Gasteiger partial charge in [-0.2, -0.15) is 9.29 Å². The van der Waals surface area contributed by atoms with Crippen LogP contribution in [-0.4, -0.2) is 35.8 Å². The lowest BCUT2D eigenvalue weighted by atomic mass is 10.2. The highest BCUT2D eigenvalue weighted by Crippen LogP contribution is 2.22. The second-order valence-corrected chi connectivity index (χ2v) is 8.47. The first-order valence-corrected chi connectivity index (χ1v) is 10.00. The molecule has 0 bridgehead atoms. The number of nitrogens with one attached hydrogen (secondary N) is 1. The molecule has 8 nitrogen and oxygen atoms in total. The van der Waals surface area contributed by atoms with Crippen molar-refractivity contribution < 1.29 is 17.7 Å². The first kappa shape index (κ1) is 20.0. The quantitative estimate of drug-likeness (QED) is 0.656. The largest absolute Gasteiger partial charge is 0.338 e. The van der Waals surface area contributed by atoms with E-state index in [1.807, 2.05) is 0 Å². The summed E-state index contributed by atoms with van der Waals surface area (Å²) in [5.41, 5.74) is 1.18. The van der Waals surface area contributed by atoms with Crippen LogP contribution in [0.4, 0.5) is 5.69 Å². The molecule has 1 heterocycles. The minimum atomic E-state index is -3.77. The Bertz CT molecular complexity index is 1100. The topological polar surface area (TPSA) is 105 Å². The van der Waals surface area contributed by atoms with Crippen LogP contribution in [0.2, 0.25) is 5.02 Å². The Morgan fingerprint density at radius 1 is 1.21 bits per heavy atom. The molecule has 3 rings (SSSR count). The minimum Gasteiger partial charge on any atom is -0.338 e. The normalized spacial score (nSPS) is 11.6. The first-order valence-electron chi connectivity index (χ1n) is 8.18. The summed E-state index contributed by atoms with van der Waals surface area (Å²) >= 11 is 5.96. The molecule has 0 radical (unpaired) electrons. The van der Waals surface area contributed by atoms with Gasteiger partial charge in [0.25, 0.3) is 0 Å². The predicted octanol–water partition coefficient (Wildman–Crippen LogP) is 3.17. The lowest BCUT2D eigenvalue weighted by Crippen LogP contribution is -2.26. The highest BCUT2D eigenvalue weighted by atomic mass is 35.5. The van der Waals surface area contributed by atoms with E-state index in [9.17, 15) is 13.2 Å². The van der Waals surface area contributed by atoms with Gasteiger partial charge in [-0.05, 0) is 36.4 Å². The van der Waals surface area contributed by atoms with E-state index in [2.05, 4.69) is 15.5 Å². The number of rotatable bonds is 6. The molecule has 0 aliphatic carbocycles. The number of anilines is 1. The van der Waals surface area contributed by atoms with Gasteiger partial charge in [-0.1, -0.05) is 28.9 Å². The molecular weight excluding hydrogens is 404 g/mol. The maximum absolute atomic E-state index is 12.7. The van der Waals surface area contributed by atoms with E-state index in [-0.39, 0.29) is 23.2 Å². The fourth-order valence-corrected chi connectivity index (χ4v) is 3.74. The molecule has 3 aromatic rings. The van der Waals surface area contributed by atoms with Crippen molar-refractivity contribution in [2.24, 2.45) is 0 Å². The van der Waals surface area contributed by atoms with E-state index < -0.39 is 10.0 Å². The Hall–Kier alpha value is -2.75. The first-order chi connectivity index (χ1) is 13.3. The van der Waals surface area contributed by atoms with Crippen LogP contribution < -0.4 is 5.32 Å². The van der Waals surface area contributed by atoms with Crippen molar-refractivity contribution >= 4 is 33.2 Å². The van der Waals surface area contributed by atoms with Crippen molar-refractivity contribution in [2.75, 3.05) is 12.4 Å². The standard InChI is InChI=1S/C18H17ClN4O4S/c1-12(24)20-15-6-8-16(9-7-15)28(25,26)23(2)11-17-21-18(22-27-17)13-4-3-5-14(19)10-13/h3-10H,11H2,1-2H3,(H,20,24). The third-order valence-electron chi connectivity index (χ3n) is 3.79. The molecule has 1 amide bonds. The molecule has 1 N–H and O–H groups in total. The van der Waals surface area contributed by atoms with Gasteiger partial charge in [0.1, 0.15) is 0 Å². The Kier molecular flexibility index (Phi) is 5.78. The fourth-order valence-electron chi connectivity index (χ4n) is 2.43. The smallest absolute Gasteiger partial charge is 0.243 e. The maximum Gasteiger partial charge on any atom is 0.243 e. The summed E-state index contributed by atoms with van der Waals surface area (Å²) in [6, 6.07) is 12.8. The van der Waals surface area contributed by atoms with Crippen molar-refractivity contribution in [3.63, 3.8) is 0 Å². The molecule has 0 fully saturated rings. The van der Waals surface area contributed by atoms with Gasteiger partial charge in [0.15, 0.2) is 0 Å². The number of benzene rings is 2. The van der Waals surface area contributed by atoms with Gasteiger partial charge in [-0.15, -0.1) is 0 Å². The second-order valence-electron chi connectivity index (χ2n) is 5.99. The van der Waals surface area contributed by atoms with Crippen molar-refractivity contribution in [1.82, 2.24) is 14.4 Å². The number of halogens is 1. The van der Waals surface area contributed by atoms with E-state index in [4.69, 9.17) is 16.1 Å². The van der Waals surface area contributed by atoms with Gasteiger partial charge in [-0.3, -0.25) is 4.79 Å². The average Bonchev–Trinajstić information content (AvgIpc) is 3.10. The average molecular weight is 421 g/mol. The van der Waals surface area contributed by atoms with Crippen LogP contribution >= 0.6 is 11.6 Å². The van der Waals surface area contributed by atoms with Crippen molar-refractivity contribution in [1.29, 1.82) is 0 Å². The number of carbonyl (C=O) groups is 1. The number of amides is 1. The lowest BCUT2D eigenvalue weighted by molar-refractivity contribution is -0.114. The van der Waals surface area contributed by atoms with Crippen LogP contribution in [0.1, 0.15) is 12.8 Å². The Morgan fingerprint density at radius 3 is 2.57 bits per heavy atom. The molecule has 0 unspecified atom stereocenters. The zero-order valence-electron chi connectivity index (χ0n) is 15.1. The molecule has 146 valence electrons. The SMILES string of the molecule is CC(=O)Nc1ccc(S(=O)(=O)N(C)Cc2nc(-c3cccc(Cl)c3)no2)cc1. The number of hydrogen-bond donors (Lipinski definition) is 1. The van der Waals surface area contributed by atoms with Crippen LogP contribution in [0.5, 0.6) is 0 Å². The molecule has 1 aromatic heterocycles. The van der Waals surface area contributed by atoms with E-state index in [0.29, 0.717) is 22.1 Å². The molecule has 0 saturated heterocycles. The van der Waals surface area contributed by atoms with E-state index in [1.165, 1.54) is 38.2 Å². The third-order valence-corrected chi connectivity index (χ3v) is 5.84. The van der Waals surface area contributed by atoms with Gasteiger partial charge in [0.05, 0.1) is 11.4 Å². The summed E-state index contributed by atoms with van der Waals surface area (Å²) in [7, 11) is -2.36. The molecule has 0 spiro atoms. The van der Waals surface area contributed by atoms with Gasteiger partial charge in [0, 0.05) is 30.2 Å². The summed E-state index contributed by atoms with van der Waals surface area (Å²) in [6.07, 6.45) is 0. The van der Waals surface area contributed by atoms with Gasteiger partial charge in [0.2, 0.25) is 27.6 Å². The van der Waals surface area contributed by atoms with Crippen LogP contribution in [0.3, 0.4) is 0 Å². The molecule has 0 atom stereocenters. The van der Waals surface area contributed by atoms with E-state index in [0.717, 1.165) is 4.31 Å². The number of nitrogens with zero attached hydrogens (tertiary/aromatic N) is 3. The monoisotopic (exact) mass is 420 g/mol. The molecule has 10 heteroatoms. The lowest BCUT2D eigenvalue weighted by Gasteiger charge is -2.15. The van der Waals surface area contributed by atoms with Gasteiger partial charge >= 0.3 is 0 Å². The summed E-state index contributed by atoms with van der Waals surface area (Å²) in [5.74, 6) is 0.235. The molecule has 0 aliphatic rings. The second kappa shape index (κ2) is 8.09. The maximum atomic E-state index is 12.7. The van der Waals surface area contributed by atoms with Crippen molar-refractivity contribution in [3.8, 4) is 11.4 Å². The summed E-state index contributed by atoms with van der Waals surface area (Å²) in [4.78, 5) is 15.4. The van der Waals surface area contributed by atoms with Gasteiger partial charge < -0.3 is 9.84 Å². The van der Waals surface area contributed by atoms with Crippen LogP contribution in [-0.2, 0) is 21.4 Å². The number of carbonyl (C=O) groups excluding carboxylic acids is 1. The Labute approximate surface area is 167 Å². The van der Waals surface area contributed by atoms with Crippen LogP contribution in [0.25, 0.3) is 11.4 Å². The van der Waals surface area contributed by atoms with Crippen molar-refractivity contribution in [3.05, 3.63) is 59.4 Å². The Morgan fingerprint density at radius 2 is 1.93 bits per heavy atom. The number of hydrogen-bond acceptors (Lipinski definition) is 6. The number of sulfonamides is 1. The molecular formula is C18H17ClN4O4S. The van der Waals surface area contributed by atoms with Gasteiger partial charge in [-0.25, -0.2) is 8.42 Å². The molecule has 2 aromatic carbocycles. The van der Waals surface area contributed by atoms with Crippen LogP contribution in [0.15, 0.2) is 57.9 Å².